The van der Waals surface area contributed by atoms with Crippen molar-refractivity contribution in [2.75, 3.05) is 26.2 Å². The van der Waals surface area contributed by atoms with Crippen LogP contribution in [0.25, 0.3) is 0 Å². The Balaban J connectivity index is 1.62. The third kappa shape index (κ3) is 3.49. The highest BCUT2D eigenvalue weighted by atomic mass is 19.3. The van der Waals surface area contributed by atoms with Crippen molar-refractivity contribution in [1.29, 1.82) is 0 Å². The van der Waals surface area contributed by atoms with Crippen molar-refractivity contribution in [2.24, 2.45) is 17.8 Å². The molecule has 3 fully saturated rings. The molecule has 3 aliphatic rings. The standard InChI is InChI=1S/C21H28F2N2O2/c22-20(23)9-6-18(12-20)21(27,17-4-2-1-3-5-17)19(26)25-13-15-7-10-24-11-8-16(15)14-25/h1-5,15-16,18,24,27H,6-14H2. The predicted molar refractivity (Wildman–Crippen MR) is 98.3 cm³/mol. The number of fused-ring (bicyclic) bond motifs is 1. The first-order valence-electron chi connectivity index (χ1n) is 10.1. The molecule has 0 bridgehead atoms. The molecule has 4 rings (SSSR count). The van der Waals surface area contributed by atoms with Crippen LogP contribution in [-0.4, -0.2) is 48.0 Å². The second kappa shape index (κ2) is 7.13. The van der Waals surface area contributed by atoms with Gasteiger partial charge in [-0.3, -0.25) is 4.79 Å². The maximum absolute atomic E-state index is 13.9. The van der Waals surface area contributed by atoms with Crippen LogP contribution in [-0.2, 0) is 10.4 Å². The van der Waals surface area contributed by atoms with E-state index >= 15 is 0 Å². The van der Waals surface area contributed by atoms with E-state index in [1.54, 1.807) is 35.2 Å². The summed E-state index contributed by atoms with van der Waals surface area (Å²) < 4.78 is 27.8. The zero-order valence-corrected chi connectivity index (χ0v) is 15.5. The summed E-state index contributed by atoms with van der Waals surface area (Å²) in [5, 5.41) is 15.0. The average molecular weight is 378 g/mol. The number of rotatable bonds is 3. The second-order valence-electron chi connectivity index (χ2n) is 8.49. The van der Waals surface area contributed by atoms with Gasteiger partial charge in [0.15, 0.2) is 5.60 Å². The number of hydrogen-bond donors (Lipinski definition) is 2. The number of amides is 1. The van der Waals surface area contributed by atoms with Crippen molar-refractivity contribution in [3.63, 3.8) is 0 Å². The van der Waals surface area contributed by atoms with Crippen LogP contribution in [0.1, 0.15) is 37.7 Å². The van der Waals surface area contributed by atoms with E-state index in [-0.39, 0.29) is 12.8 Å². The quantitative estimate of drug-likeness (QED) is 0.850. The molecule has 2 aliphatic heterocycles. The Bertz CT molecular complexity index is 670. The van der Waals surface area contributed by atoms with Gasteiger partial charge in [0.1, 0.15) is 0 Å². The molecule has 4 nitrogen and oxygen atoms in total. The number of halogens is 2. The van der Waals surface area contributed by atoms with Crippen molar-refractivity contribution in [3.05, 3.63) is 35.9 Å². The topological polar surface area (TPSA) is 52.6 Å². The van der Waals surface area contributed by atoms with Gasteiger partial charge < -0.3 is 15.3 Å². The number of nitrogens with one attached hydrogen (secondary N) is 1. The van der Waals surface area contributed by atoms with Gasteiger partial charge >= 0.3 is 0 Å². The minimum Gasteiger partial charge on any atom is -0.375 e. The number of nitrogens with zero attached hydrogens (tertiary/aromatic N) is 1. The number of aliphatic hydroxyl groups is 1. The smallest absolute Gasteiger partial charge is 0.259 e. The maximum Gasteiger partial charge on any atom is 0.259 e. The first kappa shape index (κ1) is 18.8. The number of carbonyl (C=O) groups excluding carboxylic acids is 1. The SMILES string of the molecule is O=C(N1CC2CCNCCC2C1)C(O)(c1ccccc1)C1CCC(F)(F)C1. The number of hydrogen-bond acceptors (Lipinski definition) is 3. The van der Waals surface area contributed by atoms with Gasteiger partial charge in [0.25, 0.3) is 5.91 Å². The van der Waals surface area contributed by atoms with Crippen LogP contribution in [0.15, 0.2) is 30.3 Å². The molecular formula is C21H28F2N2O2. The van der Waals surface area contributed by atoms with Gasteiger partial charge in [-0.15, -0.1) is 0 Å². The summed E-state index contributed by atoms with van der Waals surface area (Å²) in [7, 11) is 0. The molecule has 1 aromatic carbocycles. The number of benzene rings is 1. The van der Waals surface area contributed by atoms with Crippen LogP contribution in [0.5, 0.6) is 0 Å². The molecular weight excluding hydrogens is 350 g/mol. The number of carbonyl (C=O) groups is 1. The molecule has 148 valence electrons. The first-order valence-corrected chi connectivity index (χ1v) is 10.1. The Labute approximate surface area is 158 Å². The van der Waals surface area contributed by atoms with Gasteiger partial charge in [0.05, 0.1) is 0 Å². The van der Waals surface area contributed by atoms with Gasteiger partial charge in [-0.05, 0) is 49.8 Å². The molecule has 6 heteroatoms. The van der Waals surface area contributed by atoms with Crippen LogP contribution < -0.4 is 5.32 Å². The number of alkyl halides is 2. The number of likely N-dealkylation sites (tertiary alicyclic amines) is 1. The third-order valence-electron chi connectivity index (χ3n) is 6.78. The second-order valence-corrected chi connectivity index (χ2v) is 8.49. The molecule has 1 saturated carbocycles. The Morgan fingerprint density at radius 3 is 2.30 bits per heavy atom. The Hall–Kier alpha value is -1.53. The highest BCUT2D eigenvalue weighted by Crippen LogP contribution is 2.48. The molecule has 2 saturated heterocycles. The molecule has 27 heavy (non-hydrogen) atoms. The molecule has 0 radical (unpaired) electrons. The van der Waals surface area contributed by atoms with Crippen molar-refractivity contribution in [3.8, 4) is 0 Å². The van der Waals surface area contributed by atoms with Gasteiger partial charge in [-0.2, -0.15) is 0 Å². The highest BCUT2D eigenvalue weighted by Gasteiger charge is 2.55. The Morgan fingerprint density at radius 1 is 1.11 bits per heavy atom. The van der Waals surface area contributed by atoms with Gasteiger partial charge in [-0.1, -0.05) is 30.3 Å². The lowest BCUT2D eigenvalue weighted by molar-refractivity contribution is -0.159. The van der Waals surface area contributed by atoms with Crippen LogP contribution in [0.3, 0.4) is 0 Å². The summed E-state index contributed by atoms with van der Waals surface area (Å²) in [5.74, 6) is -3.11. The summed E-state index contributed by atoms with van der Waals surface area (Å²) in [5.41, 5.74) is -1.44. The lowest BCUT2D eigenvalue weighted by Crippen LogP contribution is -2.50. The summed E-state index contributed by atoms with van der Waals surface area (Å²) in [6.07, 6.45) is 1.49. The molecule has 4 atom stereocenters. The van der Waals surface area contributed by atoms with Gasteiger partial charge in [0.2, 0.25) is 5.92 Å². The van der Waals surface area contributed by atoms with E-state index in [0.29, 0.717) is 30.5 Å². The Kier molecular flexibility index (Phi) is 4.97. The van der Waals surface area contributed by atoms with Crippen molar-refractivity contribution < 1.29 is 18.7 Å². The molecule has 1 amide bonds. The van der Waals surface area contributed by atoms with E-state index < -0.39 is 29.8 Å². The minimum atomic E-state index is -2.81. The van der Waals surface area contributed by atoms with E-state index in [2.05, 4.69) is 5.32 Å². The largest absolute Gasteiger partial charge is 0.375 e. The first-order chi connectivity index (χ1) is 12.9. The lowest BCUT2D eigenvalue weighted by Gasteiger charge is -2.36. The average Bonchev–Trinajstić information content (AvgIpc) is 3.17. The monoisotopic (exact) mass is 378 g/mol. The molecule has 0 spiro atoms. The van der Waals surface area contributed by atoms with Crippen molar-refractivity contribution in [1.82, 2.24) is 10.2 Å². The minimum absolute atomic E-state index is 0.161. The summed E-state index contributed by atoms with van der Waals surface area (Å²) in [6.45, 7) is 3.12. The molecule has 2 N–H and O–H groups in total. The third-order valence-corrected chi connectivity index (χ3v) is 6.78. The van der Waals surface area contributed by atoms with Gasteiger partial charge in [0, 0.05) is 31.8 Å². The normalized spacial score (nSPS) is 32.6. The van der Waals surface area contributed by atoms with Crippen molar-refractivity contribution in [2.45, 2.75) is 43.6 Å². The fourth-order valence-corrected chi connectivity index (χ4v) is 5.23. The van der Waals surface area contributed by atoms with E-state index in [1.165, 1.54) is 0 Å². The predicted octanol–water partition coefficient (Wildman–Crippen LogP) is 2.77. The molecule has 0 aromatic heterocycles. The van der Waals surface area contributed by atoms with Crippen LogP contribution in [0.4, 0.5) is 8.78 Å². The van der Waals surface area contributed by atoms with Crippen molar-refractivity contribution >= 4 is 5.91 Å². The summed E-state index contributed by atoms with van der Waals surface area (Å²) in [4.78, 5) is 15.3. The zero-order valence-electron chi connectivity index (χ0n) is 15.5. The molecule has 1 aliphatic carbocycles. The zero-order chi connectivity index (χ0) is 19.1. The molecule has 2 heterocycles. The van der Waals surface area contributed by atoms with E-state index in [4.69, 9.17) is 0 Å². The Morgan fingerprint density at radius 2 is 1.74 bits per heavy atom. The fourth-order valence-electron chi connectivity index (χ4n) is 5.23. The molecule has 1 aromatic rings. The van der Waals surface area contributed by atoms with E-state index in [0.717, 1.165) is 25.9 Å². The van der Waals surface area contributed by atoms with Crippen LogP contribution in [0, 0.1) is 17.8 Å². The summed E-state index contributed by atoms with van der Waals surface area (Å²) >= 11 is 0. The van der Waals surface area contributed by atoms with E-state index in [9.17, 15) is 18.7 Å². The van der Waals surface area contributed by atoms with Crippen LogP contribution >= 0.6 is 0 Å². The summed E-state index contributed by atoms with van der Waals surface area (Å²) in [6, 6.07) is 8.68. The highest BCUT2D eigenvalue weighted by molar-refractivity contribution is 5.87. The molecule has 4 unspecified atom stereocenters. The van der Waals surface area contributed by atoms with Crippen LogP contribution in [0.2, 0.25) is 0 Å². The van der Waals surface area contributed by atoms with E-state index in [1.807, 2.05) is 0 Å². The fraction of sp³-hybridized carbons (Fsp3) is 0.667. The maximum atomic E-state index is 13.9. The lowest BCUT2D eigenvalue weighted by atomic mass is 9.79. The van der Waals surface area contributed by atoms with Gasteiger partial charge in [-0.25, -0.2) is 8.78 Å².